The van der Waals surface area contributed by atoms with Crippen LogP contribution >= 0.6 is 11.6 Å². The molecule has 0 bridgehead atoms. The van der Waals surface area contributed by atoms with Crippen molar-refractivity contribution in [3.8, 4) is 12.3 Å². The Hall–Kier alpha value is -1.79. The molecule has 1 aromatic heterocycles. The molecule has 1 aromatic carbocycles. The molecule has 3 nitrogen and oxygen atoms in total. The number of halogens is 1. The lowest BCUT2D eigenvalue weighted by atomic mass is 10.2. The molecule has 0 fully saturated rings. The van der Waals surface area contributed by atoms with Crippen LogP contribution in [-0.4, -0.2) is 4.98 Å². The molecular formula is C12H8ClNO2. The Kier molecular flexibility index (Phi) is 2.93. The normalized spacial score (nSPS) is 10.2. The third-order valence-corrected chi connectivity index (χ3v) is 2.35. The van der Waals surface area contributed by atoms with Crippen molar-refractivity contribution in [3.63, 3.8) is 0 Å². The summed E-state index contributed by atoms with van der Waals surface area (Å²) in [4.78, 5) is 15.8. The molecule has 2 aromatic rings. The summed E-state index contributed by atoms with van der Waals surface area (Å²) in [6, 6.07) is 4.86. The summed E-state index contributed by atoms with van der Waals surface area (Å²) in [7, 11) is 0. The minimum absolute atomic E-state index is 0.345. The molecule has 2 rings (SSSR count). The van der Waals surface area contributed by atoms with Gasteiger partial charge in [0.25, 0.3) is 0 Å². The molecule has 0 unspecified atom stereocenters. The van der Waals surface area contributed by atoms with Crippen molar-refractivity contribution < 1.29 is 4.42 Å². The molecule has 0 N–H and O–H groups in total. The zero-order valence-corrected chi connectivity index (χ0v) is 9.12. The van der Waals surface area contributed by atoms with Crippen LogP contribution in [0.2, 0.25) is 5.02 Å². The van der Waals surface area contributed by atoms with Gasteiger partial charge in [-0.15, -0.1) is 12.3 Å². The first-order chi connectivity index (χ1) is 7.70. The van der Waals surface area contributed by atoms with E-state index in [4.69, 9.17) is 22.4 Å². The predicted octanol–water partition coefficient (Wildman–Crippen LogP) is 2.41. The first-order valence-electron chi connectivity index (χ1n) is 4.73. The number of rotatable bonds is 2. The number of hydrogen-bond donors (Lipinski definition) is 0. The number of nitrogens with zero attached hydrogens (tertiary/aromatic N) is 1. The molecule has 0 atom stereocenters. The summed E-state index contributed by atoms with van der Waals surface area (Å²) in [5.74, 6) is 2.81. The molecule has 0 saturated carbocycles. The Bertz CT molecular complexity index is 625. The molecule has 0 radical (unpaired) electrons. The van der Waals surface area contributed by atoms with Crippen molar-refractivity contribution in [1.29, 1.82) is 0 Å². The minimum Gasteiger partial charge on any atom is -0.408 e. The van der Waals surface area contributed by atoms with Crippen molar-refractivity contribution in [2.24, 2.45) is 0 Å². The Balaban J connectivity index is 2.57. The Morgan fingerprint density at radius 1 is 1.50 bits per heavy atom. The van der Waals surface area contributed by atoms with Gasteiger partial charge in [-0.1, -0.05) is 11.6 Å². The van der Waals surface area contributed by atoms with Crippen LogP contribution in [0.1, 0.15) is 12.3 Å². The summed E-state index contributed by atoms with van der Waals surface area (Å²) < 4.78 is 5.03. The minimum atomic E-state index is -0.409. The van der Waals surface area contributed by atoms with E-state index in [1.807, 2.05) is 0 Å². The van der Waals surface area contributed by atoms with Gasteiger partial charge in [-0.3, -0.25) is 0 Å². The fourth-order valence-electron chi connectivity index (χ4n) is 1.38. The lowest BCUT2D eigenvalue weighted by molar-refractivity contribution is 0.446. The van der Waals surface area contributed by atoms with E-state index in [0.717, 1.165) is 0 Å². The number of hydrogen-bond acceptors (Lipinski definition) is 3. The number of fused-ring (bicyclic) bond motifs is 1. The fourth-order valence-corrected chi connectivity index (χ4v) is 1.54. The van der Waals surface area contributed by atoms with E-state index in [-0.39, 0.29) is 0 Å². The van der Waals surface area contributed by atoms with Gasteiger partial charge in [0.15, 0.2) is 5.89 Å². The Morgan fingerprint density at radius 3 is 3.06 bits per heavy atom. The van der Waals surface area contributed by atoms with E-state index in [1.54, 1.807) is 18.2 Å². The van der Waals surface area contributed by atoms with Crippen molar-refractivity contribution in [2.45, 2.75) is 12.8 Å². The molecule has 4 heteroatoms. The Labute approximate surface area is 97.1 Å². The van der Waals surface area contributed by atoms with E-state index < -0.39 is 5.63 Å². The average molecular weight is 234 g/mol. The van der Waals surface area contributed by atoms with Crippen LogP contribution < -0.4 is 5.63 Å². The molecule has 0 aliphatic rings. The zero-order valence-electron chi connectivity index (χ0n) is 8.37. The molecule has 1 heterocycles. The summed E-state index contributed by atoms with van der Waals surface area (Å²) in [6.45, 7) is 0. The van der Waals surface area contributed by atoms with Gasteiger partial charge in [0.2, 0.25) is 0 Å². The van der Waals surface area contributed by atoms with Gasteiger partial charge in [0, 0.05) is 17.9 Å². The molecule has 0 spiro atoms. The van der Waals surface area contributed by atoms with E-state index in [2.05, 4.69) is 10.9 Å². The summed E-state index contributed by atoms with van der Waals surface area (Å²) in [5.41, 5.74) is 0.129. The second-order valence-electron chi connectivity index (χ2n) is 3.26. The highest BCUT2D eigenvalue weighted by atomic mass is 35.5. The SMILES string of the molecule is C#CCCc1nc2cc(Cl)ccc2c(=O)o1. The molecule has 0 aliphatic carbocycles. The number of benzene rings is 1. The third kappa shape index (κ3) is 2.07. The largest absolute Gasteiger partial charge is 0.408 e. The van der Waals surface area contributed by atoms with Gasteiger partial charge in [0.1, 0.15) is 0 Å². The molecule has 0 saturated heterocycles. The lowest BCUT2D eigenvalue weighted by Gasteiger charge is -1.99. The first kappa shape index (κ1) is 10.7. The third-order valence-electron chi connectivity index (χ3n) is 2.12. The van der Waals surface area contributed by atoms with Crippen molar-refractivity contribution in [2.75, 3.05) is 0 Å². The van der Waals surface area contributed by atoms with Gasteiger partial charge in [-0.2, -0.15) is 0 Å². The second-order valence-corrected chi connectivity index (χ2v) is 3.70. The number of terminal acetylenes is 1. The van der Waals surface area contributed by atoms with E-state index in [0.29, 0.717) is 34.7 Å². The molecule has 16 heavy (non-hydrogen) atoms. The zero-order chi connectivity index (χ0) is 11.5. The maximum Gasteiger partial charge on any atom is 0.346 e. The van der Waals surface area contributed by atoms with Crippen molar-refractivity contribution in [3.05, 3.63) is 39.5 Å². The van der Waals surface area contributed by atoms with Crippen LogP contribution in [0.4, 0.5) is 0 Å². The molecule has 0 amide bonds. The van der Waals surface area contributed by atoms with Crippen LogP contribution in [0.15, 0.2) is 27.4 Å². The van der Waals surface area contributed by atoms with Gasteiger partial charge in [-0.05, 0) is 18.2 Å². The van der Waals surface area contributed by atoms with Crippen LogP contribution in [0.25, 0.3) is 10.9 Å². The standard InChI is InChI=1S/C12H8ClNO2/c1-2-3-4-11-14-10-7-8(13)5-6-9(10)12(15)16-11/h1,5-7H,3-4H2. The molecule has 80 valence electrons. The fraction of sp³-hybridized carbons (Fsp3) is 0.167. The Morgan fingerprint density at radius 2 is 2.31 bits per heavy atom. The predicted molar refractivity (Wildman–Crippen MR) is 62.4 cm³/mol. The van der Waals surface area contributed by atoms with Crippen LogP contribution in [-0.2, 0) is 6.42 Å². The highest BCUT2D eigenvalue weighted by Crippen LogP contribution is 2.15. The van der Waals surface area contributed by atoms with E-state index >= 15 is 0 Å². The van der Waals surface area contributed by atoms with Gasteiger partial charge < -0.3 is 4.42 Å². The monoisotopic (exact) mass is 233 g/mol. The van der Waals surface area contributed by atoms with Crippen LogP contribution in [0.3, 0.4) is 0 Å². The highest BCUT2D eigenvalue weighted by Gasteiger charge is 2.06. The summed E-state index contributed by atoms with van der Waals surface area (Å²) in [5, 5.41) is 0.961. The molecular weight excluding hydrogens is 226 g/mol. The summed E-state index contributed by atoms with van der Waals surface area (Å²) in [6.07, 6.45) is 6.07. The smallest absolute Gasteiger partial charge is 0.346 e. The van der Waals surface area contributed by atoms with Gasteiger partial charge in [-0.25, -0.2) is 9.78 Å². The van der Waals surface area contributed by atoms with Crippen molar-refractivity contribution >= 4 is 22.5 Å². The van der Waals surface area contributed by atoms with E-state index in [1.165, 1.54) is 0 Å². The van der Waals surface area contributed by atoms with Gasteiger partial charge in [0.05, 0.1) is 10.9 Å². The van der Waals surface area contributed by atoms with Crippen molar-refractivity contribution in [1.82, 2.24) is 4.98 Å². The van der Waals surface area contributed by atoms with Crippen LogP contribution in [0, 0.1) is 12.3 Å². The average Bonchev–Trinajstić information content (AvgIpc) is 2.25. The number of aromatic nitrogens is 1. The maximum atomic E-state index is 11.6. The summed E-state index contributed by atoms with van der Waals surface area (Å²) >= 11 is 5.82. The molecule has 0 aliphatic heterocycles. The van der Waals surface area contributed by atoms with Crippen LogP contribution in [0.5, 0.6) is 0 Å². The quantitative estimate of drug-likeness (QED) is 0.748. The maximum absolute atomic E-state index is 11.6. The topological polar surface area (TPSA) is 43.1 Å². The first-order valence-corrected chi connectivity index (χ1v) is 5.11. The number of aryl methyl sites for hydroxylation is 1. The second kappa shape index (κ2) is 4.38. The lowest BCUT2D eigenvalue weighted by Crippen LogP contribution is -2.05. The van der Waals surface area contributed by atoms with E-state index in [9.17, 15) is 4.79 Å². The highest BCUT2D eigenvalue weighted by molar-refractivity contribution is 6.31. The van der Waals surface area contributed by atoms with Gasteiger partial charge >= 0.3 is 5.63 Å².